The van der Waals surface area contributed by atoms with Crippen LogP contribution in [0, 0.1) is 6.92 Å². The third kappa shape index (κ3) is 2.39. The predicted octanol–water partition coefficient (Wildman–Crippen LogP) is 2.74. The first-order valence-electron chi connectivity index (χ1n) is 6.30. The molecule has 0 saturated heterocycles. The molecule has 0 unspecified atom stereocenters. The zero-order valence-corrected chi connectivity index (χ0v) is 12.0. The van der Waals surface area contributed by atoms with Crippen molar-refractivity contribution in [3.63, 3.8) is 0 Å². The fourth-order valence-corrected chi connectivity index (χ4v) is 2.09. The SMILES string of the molecule is CCOC(=O)c1ncc2cc(OC)c(OC)cc2c1C. The summed E-state index contributed by atoms with van der Waals surface area (Å²) in [5, 5.41) is 1.77. The molecule has 0 aliphatic carbocycles. The van der Waals surface area contributed by atoms with Crippen molar-refractivity contribution < 1.29 is 19.0 Å². The van der Waals surface area contributed by atoms with Gasteiger partial charge in [0.25, 0.3) is 0 Å². The highest BCUT2D eigenvalue weighted by Gasteiger charge is 2.16. The maximum Gasteiger partial charge on any atom is 0.357 e. The molecule has 0 N–H and O–H groups in total. The van der Waals surface area contributed by atoms with Gasteiger partial charge in [-0.15, -0.1) is 0 Å². The molecule has 5 heteroatoms. The lowest BCUT2D eigenvalue weighted by molar-refractivity contribution is 0.0519. The van der Waals surface area contributed by atoms with Gasteiger partial charge in [-0.3, -0.25) is 0 Å². The van der Waals surface area contributed by atoms with Crippen molar-refractivity contribution in [3.8, 4) is 11.5 Å². The van der Waals surface area contributed by atoms with Gasteiger partial charge in [-0.25, -0.2) is 9.78 Å². The minimum atomic E-state index is -0.415. The minimum Gasteiger partial charge on any atom is -0.493 e. The molecule has 1 aromatic heterocycles. The molecule has 5 nitrogen and oxygen atoms in total. The van der Waals surface area contributed by atoms with E-state index < -0.39 is 5.97 Å². The number of aromatic nitrogens is 1. The van der Waals surface area contributed by atoms with Gasteiger partial charge in [-0.2, -0.15) is 0 Å². The van der Waals surface area contributed by atoms with Gasteiger partial charge in [0, 0.05) is 11.6 Å². The van der Waals surface area contributed by atoms with Crippen molar-refractivity contribution in [2.75, 3.05) is 20.8 Å². The molecule has 106 valence electrons. The van der Waals surface area contributed by atoms with Crippen LogP contribution in [-0.4, -0.2) is 31.8 Å². The number of fused-ring (bicyclic) bond motifs is 1. The van der Waals surface area contributed by atoms with E-state index in [0.717, 1.165) is 16.3 Å². The molecule has 0 fully saturated rings. The van der Waals surface area contributed by atoms with E-state index >= 15 is 0 Å². The van der Waals surface area contributed by atoms with Gasteiger partial charge in [-0.1, -0.05) is 0 Å². The normalized spacial score (nSPS) is 10.4. The maximum atomic E-state index is 11.8. The number of carbonyl (C=O) groups excluding carboxylic acids is 1. The second-order valence-electron chi connectivity index (χ2n) is 4.25. The van der Waals surface area contributed by atoms with E-state index in [-0.39, 0.29) is 0 Å². The fourth-order valence-electron chi connectivity index (χ4n) is 2.09. The highest BCUT2D eigenvalue weighted by atomic mass is 16.5. The Morgan fingerprint density at radius 2 is 1.85 bits per heavy atom. The molecule has 2 aromatic rings. The van der Waals surface area contributed by atoms with Crippen LogP contribution in [0.1, 0.15) is 23.0 Å². The van der Waals surface area contributed by atoms with Crippen LogP contribution in [0.15, 0.2) is 18.3 Å². The minimum absolute atomic E-state index is 0.323. The van der Waals surface area contributed by atoms with Crippen LogP contribution in [0.4, 0.5) is 0 Å². The number of esters is 1. The van der Waals surface area contributed by atoms with E-state index in [2.05, 4.69) is 4.98 Å². The Hall–Kier alpha value is -2.30. The summed E-state index contributed by atoms with van der Waals surface area (Å²) < 4.78 is 15.5. The smallest absolute Gasteiger partial charge is 0.357 e. The molecule has 0 atom stereocenters. The van der Waals surface area contributed by atoms with Crippen LogP contribution in [0.3, 0.4) is 0 Å². The topological polar surface area (TPSA) is 57.7 Å². The summed E-state index contributed by atoms with van der Waals surface area (Å²) >= 11 is 0. The van der Waals surface area contributed by atoms with E-state index in [1.165, 1.54) is 0 Å². The predicted molar refractivity (Wildman–Crippen MR) is 75.5 cm³/mol. The van der Waals surface area contributed by atoms with Crippen LogP contribution >= 0.6 is 0 Å². The first-order valence-corrected chi connectivity index (χ1v) is 6.30. The van der Waals surface area contributed by atoms with Crippen LogP contribution in [-0.2, 0) is 4.74 Å². The number of methoxy groups -OCH3 is 2. The molecular weight excluding hydrogens is 258 g/mol. The van der Waals surface area contributed by atoms with Crippen LogP contribution < -0.4 is 9.47 Å². The lowest BCUT2D eigenvalue weighted by Gasteiger charge is -2.12. The number of aryl methyl sites for hydroxylation is 1. The number of pyridine rings is 1. The molecule has 0 spiro atoms. The second kappa shape index (κ2) is 5.77. The fraction of sp³-hybridized carbons (Fsp3) is 0.333. The number of ether oxygens (including phenoxy) is 3. The molecule has 0 saturated carbocycles. The van der Waals surface area contributed by atoms with Gasteiger partial charge in [0.2, 0.25) is 0 Å². The van der Waals surface area contributed by atoms with Crippen molar-refractivity contribution in [1.29, 1.82) is 0 Å². The van der Waals surface area contributed by atoms with E-state index in [1.807, 2.05) is 19.1 Å². The van der Waals surface area contributed by atoms with Crippen LogP contribution in [0.2, 0.25) is 0 Å². The monoisotopic (exact) mass is 275 g/mol. The van der Waals surface area contributed by atoms with Gasteiger partial charge in [0.1, 0.15) is 0 Å². The van der Waals surface area contributed by atoms with Crippen molar-refractivity contribution >= 4 is 16.7 Å². The second-order valence-corrected chi connectivity index (χ2v) is 4.25. The molecule has 1 aromatic carbocycles. The summed E-state index contributed by atoms with van der Waals surface area (Å²) in [6.07, 6.45) is 1.64. The highest BCUT2D eigenvalue weighted by Crippen LogP contribution is 2.33. The largest absolute Gasteiger partial charge is 0.493 e. The number of hydrogen-bond acceptors (Lipinski definition) is 5. The lowest BCUT2D eigenvalue weighted by atomic mass is 10.0. The average molecular weight is 275 g/mol. The Bertz CT molecular complexity index is 652. The molecule has 0 amide bonds. The average Bonchev–Trinajstić information content (AvgIpc) is 2.46. The quantitative estimate of drug-likeness (QED) is 0.803. The first kappa shape index (κ1) is 14.1. The van der Waals surface area contributed by atoms with E-state index in [1.54, 1.807) is 27.3 Å². The summed E-state index contributed by atoms with van der Waals surface area (Å²) in [5.74, 6) is 0.830. The van der Waals surface area contributed by atoms with E-state index in [4.69, 9.17) is 14.2 Å². The van der Waals surface area contributed by atoms with Gasteiger partial charge in [0.05, 0.1) is 20.8 Å². The van der Waals surface area contributed by atoms with Gasteiger partial charge >= 0.3 is 5.97 Å². The standard InChI is InChI=1S/C15H17NO4/c1-5-20-15(17)14-9(2)11-7-13(19-4)12(18-3)6-10(11)8-16-14/h6-8H,5H2,1-4H3. The molecule has 20 heavy (non-hydrogen) atoms. The lowest BCUT2D eigenvalue weighted by Crippen LogP contribution is -2.09. The summed E-state index contributed by atoms with van der Waals surface area (Å²) in [4.78, 5) is 16.0. The molecular formula is C15H17NO4. The van der Waals surface area contributed by atoms with Gasteiger partial charge in [-0.05, 0) is 36.9 Å². The summed E-state index contributed by atoms with van der Waals surface area (Å²) in [6.45, 7) is 3.93. The number of carbonyl (C=O) groups is 1. The third-order valence-corrected chi connectivity index (χ3v) is 3.12. The zero-order chi connectivity index (χ0) is 14.7. The van der Waals surface area contributed by atoms with Gasteiger partial charge < -0.3 is 14.2 Å². The highest BCUT2D eigenvalue weighted by molar-refractivity contribution is 5.97. The van der Waals surface area contributed by atoms with Crippen LogP contribution in [0.5, 0.6) is 11.5 Å². The van der Waals surface area contributed by atoms with Crippen molar-refractivity contribution in [3.05, 3.63) is 29.6 Å². The molecule has 0 aliphatic rings. The first-order chi connectivity index (χ1) is 9.62. The summed E-state index contributed by atoms with van der Waals surface area (Å²) in [7, 11) is 3.16. The van der Waals surface area contributed by atoms with Crippen molar-refractivity contribution in [2.45, 2.75) is 13.8 Å². The Morgan fingerprint density at radius 3 is 2.45 bits per heavy atom. The maximum absolute atomic E-state index is 11.8. The van der Waals surface area contributed by atoms with Gasteiger partial charge in [0.15, 0.2) is 17.2 Å². The zero-order valence-electron chi connectivity index (χ0n) is 12.0. The van der Waals surface area contributed by atoms with Crippen molar-refractivity contribution in [1.82, 2.24) is 4.98 Å². The molecule has 1 heterocycles. The Balaban J connectivity index is 2.63. The number of benzene rings is 1. The van der Waals surface area contributed by atoms with E-state index in [0.29, 0.717) is 23.8 Å². The Morgan fingerprint density at radius 1 is 1.20 bits per heavy atom. The molecule has 0 aliphatic heterocycles. The molecule has 2 rings (SSSR count). The molecule has 0 radical (unpaired) electrons. The number of nitrogens with zero attached hydrogens (tertiary/aromatic N) is 1. The molecule has 0 bridgehead atoms. The summed E-state index contributed by atoms with van der Waals surface area (Å²) in [5.41, 5.74) is 1.09. The van der Waals surface area contributed by atoms with Crippen LogP contribution in [0.25, 0.3) is 10.8 Å². The third-order valence-electron chi connectivity index (χ3n) is 3.12. The summed E-state index contributed by atoms with van der Waals surface area (Å²) in [6, 6.07) is 3.68. The Labute approximate surface area is 117 Å². The van der Waals surface area contributed by atoms with E-state index in [9.17, 15) is 4.79 Å². The number of hydrogen-bond donors (Lipinski definition) is 0. The Kier molecular flexibility index (Phi) is 4.08. The van der Waals surface area contributed by atoms with Crippen molar-refractivity contribution in [2.24, 2.45) is 0 Å². The number of rotatable bonds is 4.